The van der Waals surface area contributed by atoms with Crippen molar-refractivity contribution < 1.29 is 9.18 Å². The van der Waals surface area contributed by atoms with Gasteiger partial charge in [0.25, 0.3) is 0 Å². The Bertz CT molecular complexity index is 733. The summed E-state index contributed by atoms with van der Waals surface area (Å²) in [5.41, 5.74) is 1.47. The van der Waals surface area contributed by atoms with E-state index in [-0.39, 0.29) is 12.4 Å². The Kier molecular flexibility index (Phi) is 5.01. The predicted octanol–water partition coefficient (Wildman–Crippen LogP) is 2.01. The lowest BCUT2D eigenvalue weighted by atomic mass is 10.1. The lowest BCUT2D eigenvalue weighted by Crippen LogP contribution is -2.67. The third-order valence-corrected chi connectivity index (χ3v) is 4.15. The summed E-state index contributed by atoms with van der Waals surface area (Å²) >= 11 is 0. The van der Waals surface area contributed by atoms with Crippen LogP contribution < -0.4 is 15.5 Å². The normalized spacial score (nSPS) is 20.5. The molecule has 0 amide bonds. The van der Waals surface area contributed by atoms with Gasteiger partial charge in [-0.25, -0.2) is 9.18 Å². The first-order chi connectivity index (χ1) is 11.7. The number of hydrogen-bond acceptors (Lipinski definition) is 5. The van der Waals surface area contributed by atoms with Gasteiger partial charge in [0, 0.05) is 30.9 Å². The molecule has 1 fully saturated rings. The zero-order chi connectivity index (χ0) is 16.8. The fraction of sp³-hybridized carbons (Fsp3) is 0.278. The second kappa shape index (κ2) is 7.36. The molecule has 1 aliphatic rings. The molecule has 2 aromatic carbocycles. The maximum Gasteiger partial charge on any atom is 0.238 e. The van der Waals surface area contributed by atoms with E-state index in [9.17, 15) is 9.18 Å². The Hall–Kier alpha value is -2.53. The number of rotatable bonds is 5. The topological polar surface area (TPSA) is 56.7 Å². The van der Waals surface area contributed by atoms with Crippen LogP contribution in [-0.4, -0.2) is 31.5 Å². The van der Waals surface area contributed by atoms with Crippen LogP contribution in [0.1, 0.15) is 5.56 Å². The summed E-state index contributed by atoms with van der Waals surface area (Å²) in [7, 11) is 0. The van der Waals surface area contributed by atoms with E-state index >= 15 is 0 Å². The molecule has 0 bridgehead atoms. The van der Waals surface area contributed by atoms with Crippen molar-refractivity contribution in [2.24, 2.45) is 4.99 Å². The highest BCUT2D eigenvalue weighted by Gasteiger charge is 2.39. The minimum atomic E-state index is -0.996. The number of piperazine rings is 1. The molecule has 24 heavy (non-hydrogen) atoms. The van der Waals surface area contributed by atoms with Crippen LogP contribution >= 0.6 is 0 Å². The molecule has 1 atom stereocenters. The number of anilines is 1. The van der Waals surface area contributed by atoms with Crippen LogP contribution in [-0.2, 0) is 11.3 Å². The minimum Gasteiger partial charge on any atom is -0.332 e. The van der Waals surface area contributed by atoms with Crippen LogP contribution in [0.5, 0.6) is 0 Å². The number of isocyanates is 1. The molecule has 0 aliphatic carbocycles. The van der Waals surface area contributed by atoms with Gasteiger partial charge in [0.1, 0.15) is 5.82 Å². The van der Waals surface area contributed by atoms with Crippen molar-refractivity contribution in [2.75, 3.05) is 24.5 Å². The number of nitrogens with one attached hydrogen (secondary N) is 2. The first-order valence-electron chi connectivity index (χ1n) is 7.86. The van der Waals surface area contributed by atoms with Gasteiger partial charge in [0.15, 0.2) is 0 Å². The quantitative estimate of drug-likeness (QED) is 0.652. The van der Waals surface area contributed by atoms with Crippen molar-refractivity contribution in [3.8, 4) is 0 Å². The van der Waals surface area contributed by atoms with Crippen LogP contribution in [0.2, 0.25) is 0 Å². The summed E-state index contributed by atoms with van der Waals surface area (Å²) in [6.07, 6.45) is 1.67. The van der Waals surface area contributed by atoms with Gasteiger partial charge in [-0.15, -0.1) is 0 Å². The third kappa shape index (κ3) is 3.36. The molecule has 1 unspecified atom stereocenters. The molecule has 124 valence electrons. The second-order valence-corrected chi connectivity index (χ2v) is 5.63. The van der Waals surface area contributed by atoms with Gasteiger partial charge < -0.3 is 10.2 Å². The molecule has 6 heteroatoms. The molecular weight excluding hydrogens is 307 g/mol. The van der Waals surface area contributed by atoms with E-state index in [2.05, 4.69) is 15.6 Å². The first kappa shape index (κ1) is 16.3. The third-order valence-electron chi connectivity index (χ3n) is 4.15. The average molecular weight is 326 g/mol. The van der Waals surface area contributed by atoms with E-state index in [1.165, 1.54) is 6.07 Å². The van der Waals surface area contributed by atoms with Crippen molar-refractivity contribution in [1.82, 2.24) is 10.6 Å². The van der Waals surface area contributed by atoms with Crippen LogP contribution in [0.3, 0.4) is 0 Å². The average Bonchev–Trinajstić information content (AvgIpc) is 2.62. The van der Waals surface area contributed by atoms with Gasteiger partial charge in [0.05, 0.1) is 6.54 Å². The summed E-state index contributed by atoms with van der Waals surface area (Å²) in [5.74, 6) is -1.28. The molecule has 1 aliphatic heterocycles. The van der Waals surface area contributed by atoms with E-state index in [0.29, 0.717) is 18.7 Å². The second-order valence-electron chi connectivity index (χ2n) is 5.63. The van der Waals surface area contributed by atoms with E-state index in [4.69, 9.17) is 0 Å². The number of aliphatic imine (C=N–C) groups is 1. The highest BCUT2D eigenvalue weighted by atomic mass is 19.1. The summed E-state index contributed by atoms with van der Waals surface area (Å²) < 4.78 is 13.9. The standard InChI is InChI=1S/C18H19FN4O/c19-17-9-5-4-6-15(17)12-21-18(22-14-24)13-20-10-11-23(18)16-7-2-1-3-8-16/h1-9,20-21H,10-13H2. The molecule has 3 rings (SSSR count). The molecule has 0 aromatic heterocycles. The number of carbonyl (C=O) groups excluding carboxylic acids is 1. The molecule has 1 saturated heterocycles. The number of hydrogen-bond donors (Lipinski definition) is 2. The molecule has 2 N–H and O–H groups in total. The van der Waals surface area contributed by atoms with Gasteiger partial charge in [-0.1, -0.05) is 36.4 Å². The summed E-state index contributed by atoms with van der Waals surface area (Å²) in [6, 6.07) is 16.3. The molecular formula is C18H19FN4O. The van der Waals surface area contributed by atoms with Gasteiger partial charge in [-0.05, 0) is 18.2 Å². The summed E-state index contributed by atoms with van der Waals surface area (Å²) in [6.45, 7) is 2.11. The van der Waals surface area contributed by atoms with Gasteiger partial charge in [-0.2, -0.15) is 4.99 Å². The smallest absolute Gasteiger partial charge is 0.238 e. The highest BCUT2D eigenvalue weighted by Crippen LogP contribution is 2.25. The Balaban J connectivity index is 1.90. The Labute approximate surface area is 140 Å². The SMILES string of the molecule is O=C=NC1(NCc2ccccc2F)CNCCN1c1ccccc1. The fourth-order valence-corrected chi connectivity index (χ4v) is 2.94. The number of para-hydroxylation sites is 1. The molecule has 1 heterocycles. The van der Waals surface area contributed by atoms with Gasteiger partial charge in [-0.3, -0.25) is 5.32 Å². The molecule has 5 nitrogen and oxygen atoms in total. The first-order valence-corrected chi connectivity index (χ1v) is 7.86. The maximum absolute atomic E-state index is 13.9. The van der Waals surface area contributed by atoms with Crippen molar-refractivity contribution in [2.45, 2.75) is 12.3 Å². The Morgan fingerprint density at radius 2 is 1.96 bits per heavy atom. The zero-order valence-corrected chi connectivity index (χ0v) is 13.2. The van der Waals surface area contributed by atoms with Crippen molar-refractivity contribution in [3.05, 3.63) is 66.0 Å². The number of nitrogens with zero attached hydrogens (tertiary/aromatic N) is 2. The van der Waals surface area contributed by atoms with E-state index < -0.39 is 5.79 Å². The maximum atomic E-state index is 13.9. The van der Waals surface area contributed by atoms with Crippen molar-refractivity contribution in [1.29, 1.82) is 0 Å². The lowest BCUT2D eigenvalue weighted by Gasteiger charge is -2.45. The molecule has 2 aromatic rings. The summed E-state index contributed by atoms with van der Waals surface area (Å²) in [5, 5.41) is 6.48. The Morgan fingerprint density at radius 1 is 1.21 bits per heavy atom. The minimum absolute atomic E-state index is 0.253. The molecule has 0 spiro atoms. The van der Waals surface area contributed by atoms with E-state index in [1.54, 1.807) is 24.3 Å². The Morgan fingerprint density at radius 3 is 2.71 bits per heavy atom. The fourth-order valence-electron chi connectivity index (χ4n) is 2.94. The number of halogens is 1. The number of benzene rings is 2. The van der Waals surface area contributed by atoms with Gasteiger partial charge >= 0.3 is 0 Å². The highest BCUT2D eigenvalue weighted by molar-refractivity contribution is 5.51. The van der Waals surface area contributed by atoms with Crippen LogP contribution in [0.4, 0.5) is 10.1 Å². The van der Waals surface area contributed by atoms with Crippen LogP contribution in [0.15, 0.2) is 59.6 Å². The van der Waals surface area contributed by atoms with Crippen LogP contribution in [0, 0.1) is 5.82 Å². The van der Waals surface area contributed by atoms with E-state index in [0.717, 1.165) is 12.2 Å². The largest absolute Gasteiger partial charge is 0.332 e. The zero-order valence-electron chi connectivity index (χ0n) is 13.2. The molecule has 0 radical (unpaired) electrons. The van der Waals surface area contributed by atoms with Crippen LogP contribution in [0.25, 0.3) is 0 Å². The van der Waals surface area contributed by atoms with E-state index in [1.807, 2.05) is 35.2 Å². The van der Waals surface area contributed by atoms with Crippen molar-refractivity contribution >= 4 is 11.8 Å². The van der Waals surface area contributed by atoms with Gasteiger partial charge in [0.2, 0.25) is 11.9 Å². The summed E-state index contributed by atoms with van der Waals surface area (Å²) in [4.78, 5) is 17.1. The lowest BCUT2D eigenvalue weighted by molar-refractivity contribution is 0.270. The molecule has 0 saturated carbocycles. The van der Waals surface area contributed by atoms with Crippen molar-refractivity contribution in [3.63, 3.8) is 0 Å². The monoisotopic (exact) mass is 326 g/mol. The predicted molar refractivity (Wildman–Crippen MR) is 90.7 cm³/mol.